The summed E-state index contributed by atoms with van der Waals surface area (Å²) >= 11 is 1.28. The summed E-state index contributed by atoms with van der Waals surface area (Å²) in [6, 6.07) is 0. The molecule has 0 bridgehead atoms. The van der Waals surface area contributed by atoms with Crippen molar-refractivity contribution in [3.63, 3.8) is 0 Å². The van der Waals surface area contributed by atoms with E-state index in [1.54, 1.807) is 0 Å². The van der Waals surface area contributed by atoms with Crippen molar-refractivity contribution >= 4 is 29.6 Å². The molecule has 7 heteroatoms. The first-order chi connectivity index (χ1) is 16.0. The molecule has 6 nitrogen and oxygen atoms in total. The summed E-state index contributed by atoms with van der Waals surface area (Å²) in [4.78, 5) is 33.5. The van der Waals surface area contributed by atoms with Gasteiger partial charge in [0.2, 0.25) is 5.91 Å². The second-order valence-corrected chi connectivity index (χ2v) is 11.5. The highest BCUT2D eigenvalue weighted by Gasteiger charge is 2.18. The average Bonchev–Trinajstić information content (AvgIpc) is 2.74. The summed E-state index contributed by atoms with van der Waals surface area (Å²) in [6.07, 6.45) is 13.1. The minimum Gasteiger partial charge on any atom is -0.481 e. The van der Waals surface area contributed by atoms with Crippen LogP contribution in [-0.4, -0.2) is 45.6 Å². The highest BCUT2D eigenvalue weighted by molar-refractivity contribution is 8.00. The highest BCUT2D eigenvalue weighted by atomic mass is 32.2. The Balaban J connectivity index is 4.03. The lowest BCUT2D eigenvalue weighted by Gasteiger charge is -2.15. The first-order valence-corrected chi connectivity index (χ1v) is 14.0. The van der Waals surface area contributed by atoms with Gasteiger partial charge in [0.05, 0.1) is 6.42 Å². The zero-order chi connectivity index (χ0) is 25.9. The Morgan fingerprint density at radius 2 is 1.38 bits per heavy atom. The zero-order valence-electron chi connectivity index (χ0n) is 22.1. The van der Waals surface area contributed by atoms with E-state index >= 15 is 0 Å². The molecule has 3 N–H and O–H groups in total. The Kier molecular flexibility index (Phi) is 18.9. The summed E-state index contributed by atoms with van der Waals surface area (Å²) in [6.45, 7) is 11.4. The number of carboxylic acid groups (broad SMARTS) is 2. The SMILES string of the molecule is CC(=CCSC(CNC(=O)CCC(=O)O)C(=O)O)CCCC(C)CCCC(C)CCCC(C)C. The van der Waals surface area contributed by atoms with Crippen LogP contribution < -0.4 is 5.32 Å². The van der Waals surface area contributed by atoms with E-state index in [1.165, 1.54) is 62.3 Å². The summed E-state index contributed by atoms with van der Waals surface area (Å²) < 4.78 is 0. The Hall–Kier alpha value is -1.50. The lowest BCUT2D eigenvalue weighted by Crippen LogP contribution is -2.35. The molecule has 0 rings (SSSR count). The molecule has 0 fully saturated rings. The van der Waals surface area contributed by atoms with Gasteiger partial charge in [0.1, 0.15) is 5.25 Å². The zero-order valence-corrected chi connectivity index (χ0v) is 22.9. The van der Waals surface area contributed by atoms with E-state index in [1.807, 2.05) is 0 Å². The predicted octanol–water partition coefficient (Wildman–Crippen LogP) is 6.54. The Morgan fingerprint density at radius 3 is 1.91 bits per heavy atom. The number of carbonyl (C=O) groups is 3. The molecule has 0 saturated carbocycles. The second kappa shape index (κ2) is 19.8. The predicted molar refractivity (Wildman–Crippen MR) is 142 cm³/mol. The van der Waals surface area contributed by atoms with E-state index in [0.717, 1.165) is 30.6 Å². The van der Waals surface area contributed by atoms with Crippen LogP contribution in [0.3, 0.4) is 0 Å². The van der Waals surface area contributed by atoms with E-state index in [-0.39, 0.29) is 19.4 Å². The topological polar surface area (TPSA) is 104 Å². The fourth-order valence-corrected chi connectivity index (χ4v) is 4.81. The van der Waals surface area contributed by atoms with Crippen molar-refractivity contribution in [3.05, 3.63) is 11.6 Å². The molecule has 0 radical (unpaired) electrons. The van der Waals surface area contributed by atoms with Crippen LogP contribution in [0.5, 0.6) is 0 Å². The maximum atomic E-state index is 11.6. The maximum Gasteiger partial charge on any atom is 0.318 e. The van der Waals surface area contributed by atoms with Gasteiger partial charge in [-0.1, -0.05) is 84.3 Å². The molecule has 198 valence electrons. The van der Waals surface area contributed by atoms with E-state index in [4.69, 9.17) is 5.11 Å². The van der Waals surface area contributed by atoms with Crippen molar-refractivity contribution in [1.82, 2.24) is 5.32 Å². The largest absolute Gasteiger partial charge is 0.481 e. The van der Waals surface area contributed by atoms with Crippen LogP contribution in [0.4, 0.5) is 0 Å². The van der Waals surface area contributed by atoms with Gasteiger partial charge in [-0.15, -0.1) is 11.8 Å². The van der Waals surface area contributed by atoms with Gasteiger partial charge in [0.25, 0.3) is 0 Å². The molecule has 0 aliphatic rings. The van der Waals surface area contributed by atoms with Gasteiger partial charge in [-0.05, 0) is 37.5 Å². The molecule has 0 saturated heterocycles. The van der Waals surface area contributed by atoms with Gasteiger partial charge in [0.15, 0.2) is 0 Å². The standard InChI is InChI=1S/C27H49NO5S/c1-20(2)9-6-10-21(3)11-7-12-22(4)13-8-14-23(5)17-18-34-24(27(32)33)19-28-25(29)15-16-26(30)31/h17,20-22,24H,6-16,18-19H2,1-5H3,(H,28,29)(H,30,31)(H,32,33). The maximum absolute atomic E-state index is 11.6. The Labute approximate surface area is 211 Å². The van der Waals surface area contributed by atoms with Crippen LogP contribution in [0.1, 0.15) is 105 Å². The number of carbonyl (C=O) groups excluding carboxylic acids is 1. The molecule has 0 heterocycles. The van der Waals surface area contributed by atoms with Gasteiger partial charge < -0.3 is 15.5 Å². The van der Waals surface area contributed by atoms with Crippen LogP contribution >= 0.6 is 11.8 Å². The summed E-state index contributed by atoms with van der Waals surface area (Å²) in [5, 5.41) is 19.7. The molecule has 0 aromatic rings. The molecule has 3 unspecified atom stereocenters. The fraction of sp³-hybridized carbons (Fsp3) is 0.815. The number of rotatable bonds is 21. The average molecular weight is 500 g/mol. The molecular weight excluding hydrogens is 450 g/mol. The first-order valence-electron chi connectivity index (χ1n) is 13.0. The molecule has 0 aromatic carbocycles. The van der Waals surface area contributed by atoms with Crippen molar-refractivity contribution in [2.45, 2.75) is 110 Å². The van der Waals surface area contributed by atoms with E-state index in [9.17, 15) is 19.5 Å². The normalized spacial score (nSPS) is 14.6. The number of carboxylic acids is 2. The van der Waals surface area contributed by atoms with Gasteiger partial charge in [-0.2, -0.15) is 0 Å². The van der Waals surface area contributed by atoms with Crippen molar-refractivity contribution in [2.24, 2.45) is 17.8 Å². The van der Waals surface area contributed by atoms with E-state index in [0.29, 0.717) is 5.75 Å². The Morgan fingerprint density at radius 1 is 0.824 bits per heavy atom. The van der Waals surface area contributed by atoms with Gasteiger partial charge in [0, 0.05) is 18.7 Å². The molecule has 0 spiro atoms. The third-order valence-corrected chi connectivity index (χ3v) is 7.33. The van der Waals surface area contributed by atoms with Crippen molar-refractivity contribution in [1.29, 1.82) is 0 Å². The highest BCUT2D eigenvalue weighted by Crippen LogP contribution is 2.22. The summed E-state index contributed by atoms with van der Waals surface area (Å²) in [5.74, 6) is 0.515. The van der Waals surface area contributed by atoms with Gasteiger partial charge in [-0.3, -0.25) is 14.4 Å². The molecule has 0 aliphatic carbocycles. The minimum absolute atomic E-state index is 0.000796. The van der Waals surface area contributed by atoms with Crippen LogP contribution in [0.25, 0.3) is 0 Å². The van der Waals surface area contributed by atoms with Gasteiger partial charge in [-0.25, -0.2) is 0 Å². The molecule has 1 amide bonds. The van der Waals surface area contributed by atoms with E-state index in [2.05, 4.69) is 46.0 Å². The number of thioether (sulfide) groups is 1. The van der Waals surface area contributed by atoms with Crippen LogP contribution in [0, 0.1) is 17.8 Å². The number of hydrogen-bond acceptors (Lipinski definition) is 4. The monoisotopic (exact) mass is 499 g/mol. The quantitative estimate of drug-likeness (QED) is 0.155. The minimum atomic E-state index is -1.04. The smallest absolute Gasteiger partial charge is 0.318 e. The number of hydrogen-bond donors (Lipinski definition) is 3. The fourth-order valence-electron chi connectivity index (χ4n) is 3.85. The molecule has 0 aliphatic heterocycles. The van der Waals surface area contributed by atoms with Crippen LogP contribution in [-0.2, 0) is 14.4 Å². The molecule has 34 heavy (non-hydrogen) atoms. The lowest BCUT2D eigenvalue weighted by atomic mass is 9.91. The number of amides is 1. The third-order valence-electron chi connectivity index (χ3n) is 6.20. The Bertz CT molecular complexity index is 620. The molecule has 0 aromatic heterocycles. The molecular formula is C27H49NO5S. The number of allylic oxidation sites excluding steroid dienone is 1. The van der Waals surface area contributed by atoms with Crippen LogP contribution in [0.2, 0.25) is 0 Å². The van der Waals surface area contributed by atoms with E-state index < -0.39 is 23.1 Å². The first kappa shape index (κ1) is 32.5. The van der Waals surface area contributed by atoms with Crippen molar-refractivity contribution in [3.8, 4) is 0 Å². The summed E-state index contributed by atoms with van der Waals surface area (Å²) in [7, 11) is 0. The van der Waals surface area contributed by atoms with Gasteiger partial charge >= 0.3 is 11.9 Å². The number of nitrogens with one attached hydrogen (secondary N) is 1. The number of aliphatic carboxylic acids is 2. The summed E-state index contributed by atoms with van der Waals surface area (Å²) in [5.41, 5.74) is 1.27. The molecule has 3 atom stereocenters. The lowest BCUT2D eigenvalue weighted by molar-refractivity contribution is -0.139. The second-order valence-electron chi connectivity index (χ2n) is 10.3. The van der Waals surface area contributed by atoms with Crippen molar-refractivity contribution < 1.29 is 24.6 Å². The third kappa shape index (κ3) is 19.9. The van der Waals surface area contributed by atoms with Crippen molar-refractivity contribution in [2.75, 3.05) is 12.3 Å². The van der Waals surface area contributed by atoms with Crippen LogP contribution in [0.15, 0.2) is 11.6 Å².